The van der Waals surface area contributed by atoms with E-state index in [1.807, 2.05) is 0 Å². The lowest BCUT2D eigenvalue weighted by atomic mass is 9.96. The molecular formula is C12H24N2O. The Hall–Kier alpha value is -0.590. The number of aliphatic hydroxyl groups is 1. The zero-order valence-electron chi connectivity index (χ0n) is 10.3. The highest BCUT2D eigenvalue weighted by Crippen LogP contribution is 2.15. The van der Waals surface area contributed by atoms with Crippen molar-refractivity contribution < 1.29 is 5.11 Å². The number of rotatable bonds is 7. The molecule has 0 unspecified atom stereocenters. The average Bonchev–Trinajstić information content (AvgIpc) is 2.12. The van der Waals surface area contributed by atoms with Crippen molar-refractivity contribution in [3.63, 3.8) is 0 Å². The van der Waals surface area contributed by atoms with E-state index in [0.717, 1.165) is 32.5 Å². The Morgan fingerprint density at radius 1 is 1.20 bits per heavy atom. The van der Waals surface area contributed by atoms with E-state index >= 15 is 0 Å². The predicted octanol–water partition coefficient (Wildman–Crippen LogP) is 2.02. The molecule has 0 aromatic rings. The largest absolute Gasteiger partial charge is 0.396 e. The fraction of sp³-hybridized carbons (Fsp3) is 0.917. The van der Waals surface area contributed by atoms with Gasteiger partial charge in [-0.05, 0) is 24.8 Å². The average molecular weight is 212 g/mol. The molecule has 1 N–H and O–H groups in total. The predicted molar refractivity (Wildman–Crippen MR) is 62.4 cm³/mol. The van der Waals surface area contributed by atoms with Crippen LogP contribution in [0.5, 0.6) is 0 Å². The van der Waals surface area contributed by atoms with Crippen LogP contribution in [0.3, 0.4) is 0 Å². The van der Waals surface area contributed by atoms with Crippen molar-refractivity contribution >= 4 is 0 Å². The molecule has 0 amide bonds. The quantitative estimate of drug-likeness (QED) is 0.657. The summed E-state index contributed by atoms with van der Waals surface area (Å²) in [6.45, 7) is 9.80. The number of nitrogens with zero attached hydrogens (tertiary/aromatic N) is 2. The SMILES string of the molecule is CC(C)(C)CN(CCCO)CCCC#N. The van der Waals surface area contributed by atoms with Crippen molar-refractivity contribution in [3.8, 4) is 6.07 Å². The first-order chi connectivity index (χ1) is 6.99. The van der Waals surface area contributed by atoms with Crippen LogP contribution < -0.4 is 0 Å². The lowest BCUT2D eigenvalue weighted by Crippen LogP contribution is -2.34. The maximum absolute atomic E-state index is 8.81. The van der Waals surface area contributed by atoms with Crippen LogP contribution in [0.25, 0.3) is 0 Å². The van der Waals surface area contributed by atoms with Gasteiger partial charge in [-0.2, -0.15) is 5.26 Å². The summed E-state index contributed by atoms with van der Waals surface area (Å²) in [6.07, 6.45) is 2.38. The van der Waals surface area contributed by atoms with Gasteiger partial charge in [-0.1, -0.05) is 20.8 Å². The van der Waals surface area contributed by atoms with Crippen molar-refractivity contribution in [1.82, 2.24) is 4.90 Å². The molecule has 0 fully saturated rings. The van der Waals surface area contributed by atoms with Crippen LogP contribution in [0, 0.1) is 16.7 Å². The zero-order chi connectivity index (χ0) is 11.7. The summed E-state index contributed by atoms with van der Waals surface area (Å²) in [4.78, 5) is 2.34. The Kier molecular flexibility index (Phi) is 7.37. The van der Waals surface area contributed by atoms with Gasteiger partial charge in [-0.25, -0.2) is 0 Å². The fourth-order valence-electron chi connectivity index (χ4n) is 1.62. The van der Waals surface area contributed by atoms with Crippen LogP contribution in [-0.2, 0) is 0 Å². The van der Waals surface area contributed by atoms with Crippen molar-refractivity contribution in [1.29, 1.82) is 5.26 Å². The van der Waals surface area contributed by atoms with E-state index in [9.17, 15) is 0 Å². The highest BCUT2D eigenvalue weighted by molar-refractivity contribution is 4.73. The van der Waals surface area contributed by atoms with Gasteiger partial charge >= 0.3 is 0 Å². The van der Waals surface area contributed by atoms with Gasteiger partial charge in [0.05, 0.1) is 6.07 Å². The molecule has 0 saturated carbocycles. The molecule has 0 bridgehead atoms. The molecular weight excluding hydrogens is 188 g/mol. The molecule has 0 rings (SSSR count). The van der Waals surface area contributed by atoms with Gasteiger partial charge in [0.25, 0.3) is 0 Å². The molecule has 0 aliphatic carbocycles. The maximum Gasteiger partial charge on any atom is 0.0622 e. The summed E-state index contributed by atoms with van der Waals surface area (Å²) < 4.78 is 0. The highest BCUT2D eigenvalue weighted by Gasteiger charge is 2.15. The van der Waals surface area contributed by atoms with E-state index in [1.165, 1.54) is 0 Å². The van der Waals surface area contributed by atoms with Crippen LogP contribution in [-0.4, -0.2) is 36.2 Å². The number of hydrogen-bond donors (Lipinski definition) is 1. The summed E-state index contributed by atoms with van der Waals surface area (Å²) in [5.41, 5.74) is 0.280. The van der Waals surface area contributed by atoms with Gasteiger partial charge in [0.1, 0.15) is 0 Å². The Labute approximate surface area is 93.7 Å². The summed E-state index contributed by atoms with van der Waals surface area (Å²) in [5, 5.41) is 17.3. The molecule has 3 nitrogen and oxygen atoms in total. The first-order valence-electron chi connectivity index (χ1n) is 5.70. The van der Waals surface area contributed by atoms with E-state index in [4.69, 9.17) is 10.4 Å². The normalized spacial score (nSPS) is 11.7. The standard InChI is InChI=1S/C12H24N2O/c1-12(2,3)11-14(9-6-10-15)8-5-4-7-13/h15H,4-6,8-11H2,1-3H3. The molecule has 0 radical (unpaired) electrons. The second-order valence-electron chi connectivity index (χ2n) is 5.18. The summed E-state index contributed by atoms with van der Waals surface area (Å²) in [6, 6.07) is 2.17. The van der Waals surface area contributed by atoms with Crippen molar-refractivity contribution in [2.75, 3.05) is 26.2 Å². The Morgan fingerprint density at radius 3 is 2.27 bits per heavy atom. The number of aliphatic hydroxyl groups excluding tert-OH is 1. The van der Waals surface area contributed by atoms with Crippen molar-refractivity contribution in [2.24, 2.45) is 5.41 Å². The van der Waals surface area contributed by atoms with Crippen LogP contribution >= 0.6 is 0 Å². The molecule has 0 aliphatic rings. The molecule has 0 aromatic carbocycles. The molecule has 88 valence electrons. The van der Waals surface area contributed by atoms with E-state index in [1.54, 1.807) is 0 Å². The van der Waals surface area contributed by atoms with Gasteiger partial charge < -0.3 is 10.0 Å². The Balaban J connectivity index is 3.90. The monoisotopic (exact) mass is 212 g/mol. The Morgan fingerprint density at radius 2 is 1.80 bits per heavy atom. The molecule has 0 aliphatic heterocycles. The number of nitriles is 1. The molecule has 15 heavy (non-hydrogen) atoms. The van der Waals surface area contributed by atoms with Gasteiger partial charge in [0, 0.05) is 26.1 Å². The molecule has 0 heterocycles. The van der Waals surface area contributed by atoms with Gasteiger partial charge in [0.15, 0.2) is 0 Å². The first kappa shape index (κ1) is 14.4. The minimum atomic E-state index is 0.249. The topological polar surface area (TPSA) is 47.3 Å². The van der Waals surface area contributed by atoms with Gasteiger partial charge in [0.2, 0.25) is 0 Å². The van der Waals surface area contributed by atoms with Gasteiger partial charge in [-0.3, -0.25) is 0 Å². The maximum atomic E-state index is 8.81. The van der Waals surface area contributed by atoms with Crippen LogP contribution in [0.1, 0.15) is 40.0 Å². The van der Waals surface area contributed by atoms with Crippen molar-refractivity contribution in [3.05, 3.63) is 0 Å². The van der Waals surface area contributed by atoms with Crippen molar-refractivity contribution in [2.45, 2.75) is 40.0 Å². The third kappa shape index (κ3) is 9.71. The van der Waals surface area contributed by atoms with Gasteiger partial charge in [-0.15, -0.1) is 0 Å². The molecule has 0 saturated heterocycles. The minimum Gasteiger partial charge on any atom is -0.396 e. The molecule has 0 atom stereocenters. The zero-order valence-corrected chi connectivity index (χ0v) is 10.3. The Bertz CT molecular complexity index is 191. The van der Waals surface area contributed by atoms with Crippen LogP contribution in [0.2, 0.25) is 0 Å². The lowest BCUT2D eigenvalue weighted by molar-refractivity contribution is 0.171. The van der Waals surface area contributed by atoms with E-state index in [2.05, 4.69) is 31.7 Å². The summed E-state index contributed by atoms with van der Waals surface area (Å²) >= 11 is 0. The second kappa shape index (κ2) is 7.67. The molecule has 0 aromatic heterocycles. The summed E-state index contributed by atoms with van der Waals surface area (Å²) in [7, 11) is 0. The summed E-state index contributed by atoms with van der Waals surface area (Å²) in [5.74, 6) is 0. The third-order valence-electron chi connectivity index (χ3n) is 2.09. The first-order valence-corrected chi connectivity index (χ1v) is 5.70. The number of unbranched alkanes of at least 4 members (excludes halogenated alkanes) is 1. The fourth-order valence-corrected chi connectivity index (χ4v) is 1.62. The third-order valence-corrected chi connectivity index (χ3v) is 2.09. The minimum absolute atomic E-state index is 0.249. The molecule has 0 spiro atoms. The smallest absolute Gasteiger partial charge is 0.0622 e. The number of hydrogen-bond acceptors (Lipinski definition) is 3. The lowest BCUT2D eigenvalue weighted by Gasteiger charge is -2.29. The van der Waals surface area contributed by atoms with E-state index < -0.39 is 0 Å². The second-order valence-corrected chi connectivity index (χ2v) is 5.18. The highest BCUT2D eigenvalue weighted by atomic mass is 16.3. The van der Waals surface area contributed by atoms with Crippen LogP contribution in [0.15, 0.2) is 0 Å². The molecule has 3 heteroatoms. The van der Waals surface area contributed by atoms with E-state index in [-0.39, 0.29) is 12.0 Å². The van der Waals surface area contributed by atoms with Crippen LogP contribution in [0.4, 0.5) is 0 Å². The van der Waals surface area contributed by atoms with E-state index in [0.29, 0.717) is 6.42 Å².